The van der Waals surface area contributed by atoms with Crippen LogP contribution in [0, 0.1) is 24.5 Å². The fraction of sp³-hybridized carbons (Fsp3) is 0.214. The molecular weight excluding hydrogens is 313 g/mol. The van der Waals surface area contributed by atoms with Crippen molar-refractivity contribution in [1.29, 1.82) is 0 Å². The van der Waals surface area contributed by atoms with Crippen molar-refractivity contribution in [2.45, 2.75) is 6.92 Å². The number of ether oxygens (including phenoxy) is 1. The van der Waals surface area contributed by atoms with E-state index in [-0.39, 0.29) is 11.3 Å². The molecule has 6 nitrogen and oxygen atoms in total. The van der Waals surface area contributed by atoms with Gasteiger partial charge in [-0.25, -0.2) is 18.9 Å². The van der Waals surface area contributed by atoms with E-state index in [0.29, 0.717) is 11.8 Å². The summed E-state index contributed by atoms with van der Waals surface area (Å²) in [6.07, 6.45) is 1.11. The van der Waals surface area contributed by atoms with Crippen molar-refractivity contribution in [2.24, 2.45) is 12.1 Å². The molecule has 1 heterocycles. The number of rotatable bonds is 5. The lowest BCUT2D eigenvalue weighted by Crippen LogP contribution is -2.24. The number of aryl methyl sites for hydroxylation is 2. The fourth-order valence-corrected chi connectivity index (χ4v) is 1.73. The van der Waals surface area contributed by atoms with Crippen LogP contribution in [0.15, 0.2) is 23.3 Å². The second-order valence-corrected chi connectivity index (χ2v) is 4.57. The summed E-state index contributed by atoms with van der Waals surface area (Å²) in [5.41, 5.74) is 2.65. The lowest BCUT2D eigenvalue weighted by molar-refractivity contribution is -0.123. The largest absolute Gasteiger partial charge is 0.481 e. The number of hydrogen-bond donors (Lipinski definition) is 1. The van der Waals surface area contributed by atoms with Crippen LogP contribution in [0.5, 0.6) is 5.75 Å². The zero-order valence-corrected chi connectivity index (χ0v) is 12.3. The van der Waals surface area contributed by atoms with E-state index in [9.17, 15) is 18.0 Å². The molecule has 9 heteroatoms. The topological polar surface area (TPSA) is 68.5 Å². The Kier molecular flexibility index (Phi) is 4.99. The number of hydrogen-bond acceptors (Lipinski definition) is 4. The first-order chi connectivity index (χ1) is 10.9. The maximum Gasteiger partial charge on any atom is 0.277 e. The molecule has 0 radical (unpaired) electrons. The van der Waals surface area contributed by atoms with Crippen LogP contribution in [0.25, 0.3) is 0 Å². The van der Waals surface area contributed by atoms with E-state index in [1.165, 1.54) is 7.05 Å². The number of nitrogens with zero attached hydrogens (tertiary/aromatic N) is 3. The molecule has 0 aliphatic rings. The van der Waals surface area contributed by atoms with Crippen LogP contribution in [-0.4, -0.2) is 28.5 Å². The summed E-state index contributed by atoms with van der Waals surface area (Å²) in [5, 5.41) is 7.42. The molecule has 0 saturated carbocycles. The normalized spacial score (nSPS) is 11.0. The average Bonchev–Trinajstić information content (AvgIpc) is 2.72. The van der Waals surface area contributed by atoms with Crippen LogP contribution in [0.4, 0.5) is 13.2 Å². The van der Waals surface area contributed by atoms with Crippen LogP contribution in [-0.2, 0) is 11.8 Å². The summed E-state index contributed by atoms with van der Waals surface area (Å²) in [6.45, 7) is 1.06. The molecule has 23 heavy (non-hydrogen) atoms. The van der Waals surface area contributed by atoms with Gasteiger partial charge in [0, 0.05) is 13.1 Å². The first-order valence-corrected chi connectivity index (χ1v) is 6.47. The van der Waals surface area contributed by atoms with Crippen molar-refractivity contribution in [3.05, 3.63) is 47.0 Å². The molecule has 2 rings (SSSR count). The van der Waals surface area contributed by atoms with E-state index in [4.69, 9.17) is 4.74 Å². The smallest absolute Gasteiger partial charge is 0.277 e. The minimum absolute atomic E-state index is 0.137. The molecule has 1 aromatic heterocycles. The SMILES string of the molecule is Cc1nn(C)c(F)c1C=NNC(=O)COc1ccc(F)cc1F. The second kappa shape index (κ2) is 6.95. The first-order valence-electron chi connectivity index (χ1n) is 6.47. The van der Waals surface area contributed by atoms with Gasteiger partial charge < -0.3 is 4.74 Å². The molecule has 0 fully saturated rings. The summed E-state index contributed by atoms with van der Waals surface area (Å²) in [7, 11) is 1.43. The van der Waals surface area contributed by atoms with Gasteiger partial charge in [-0.3, -0.25) is 4.79 Å². The Bertz CT molecular complexity index is 759. The zero-order chi connectivity index (χ0) is 17.0. The Labute approximate surface area is 129 Å². The molecule has 0 bridgehead atoms. The van der Waals surface area contributed by atoms with Crippen molar-refractivity contribution in [3.63, 3.8) is 0 Å². The Morgan fingerprint density at radius 2 is 2.17 bits per heavy atom. The number of hydrazone groups is 1. The highest BCUT2D eigenvalue weighted by atomic mass is 19.1. The lowest BCUT2D eigenvalue weighted by atomic mass is 10.3. The third-order valence-electron chi connectivity index (χ3n) is 2.83. The average molecular weight is 326 g/mol. The minimum Gasteiger partial charge on any atom is -0.481 e. The number of benzene rings is 1. The first kappa shape index (κ1) is 16.5. The molecule has 2 aromatic rings. The molecule has 0 atom stereocenters. The van der Waals surface area contributed by atoms with Crippen molar-refractivity contribution < 1.29 is 22.7 Å². The van der Waals surface area contributed by atoms with Crippen molar-refractivity contribution in [3.8, 4) is 5.75 Å². The molecule has 1 N–H and O–H groups in total. The van der Waals surface area contributed by atoms with Crippen LogP contribution >= 0.6 is 0 Å². The molecule has 0 aliphatic carbocycles. The molecule has 122 valence electrons. The van der Waals surface area contributed by atoms with Gasteiger partial charge >= 0.3 is 0 Å². The number of aromatic nitrogens is 2. The zero-order valence-electron chi connectivity index (χ0n) is 12.3. The Hall–Kier alpha value is -2.84. The monoisotopic (exact) mass is 326 g/mol. The van der Waals surface area contributed by atoms with Crippen LogP contribution in [0.1, 0.15) is 11.3 Å². The number of nitrogens with one attached hydrogen (secondary N) is 1. The molecule has 1 aromatic carbocycles. The molecule has 0 spiro atoms. The highest BCUT2D eigenvalue weighted by molar-refractivity contribution is 5.83. The Morgan fingerprint density at radius 3 is 2.78 bits per heavy atom. The van der Waals surface area contributed by atoms with Gasteiger partial charge in [-0.05, 0) is 19.1 Å². The Morgan fingerprint density at radius 1 is 1.43 bits per heavy atom. The van der Waals surface area contributed by atoms with E-state index in [2.05, 4.69) is 15.6 Å². The quantitative estimate of drug-likeness (QED) is 0.671. The van der Waals surface area contributed by atoms with Crippen molar-refractivity contribution in [1.82, 2.24) is 15.2 Å². The number of amides is 1. The van der Waals surface area contributed by atoms with Gasteiger partial charge in [-0.15, -0.1) is 0 Å². The van der Waals surface area contributed by atoms with Gasteiger partial charge in [0.2, 0.25) is 5.95 Å². The van der Waals surface area contributed by atoms with Gasteiger partial charge in [-0.1, -0.05) is 0 Å². The maximum absolute atomic E-state index is 13.6. The van der Waals surface area contributed by atoms with Crippen molar-refractivity contribution >= 4 is 12.1 Å². The summed E-state index contributed by atoms with van der Waals surface area (Å²) in [4.78, 5) is 11.5. The van der Waals surface area contributed by atoms with Gasteiger partial charge in [0.15, 0.2) is 18.2 Å². The molecule has 0 aliphatic heterocycles. The van der Waals surface area contributed by atoms with Gasteiger partial charge in [-0.2, -0.15) is 14.6 Å². The summed E-state index contributed by atoms with van der Waals surface area (Å²) >= 11 is 0. The molecule has 0 unspecified atom stereocenters. The van der Waals surface area contributed by atoms with Crippen LogP contribution in [0.3, 0.4) is 0 Å². The maximum atomic E-state index is 13.6. The number of halogens is 3. The molecule has 1 amide bonds. The van der Waals surface area contributed by atoms with E-state index < -0.39 is 30.1 Å². The van der Waals surface area contributed by atoms with Gasteiger partial charge in [0.1, 0.15) is 5.82 Å². The summed E-state index contributed by atoms with van der Waals surface area (Å²) < 4.78 is 45.5. The fourth-order valence-electron chi connectivity index (χ4n) is 1.73. The highest BCUT2D eigenvalue weighted by Crippen LogP contribution is 2.17. The van der Waals surface area contributed by atoms with Crippen molar-refractivity contribution in [2.75, 3.05) is 6.61 Å². The molecular formula is C14H13F3N4O2. The summed E-state index contributed by atoms with van der Waals surface area (Å²) in [6, 6.07) is 2.71. The van der Waals surface area contributed by atoms with E-state index in [1.54, 1.807) is 6.92 Å². The third kappa shape index (κ3) is 4.09. The van der Waals surface area contributed by atoms with E-state index >= 15 is 0 Å². The van der Waals surface area contributed by atoms with Crippen LogP contribution < -0.4 is 10.2 Å². The second-order valence-electron chi connectivity index (χ2n) is 4.57. The van der Waals surface area contributed by atoms with E-state index in [0.717, 1.165) is 23.0 Å². The predicted molar refractivity (Wildman–Crippen MR) is 75.5 cm³/mol. The minimum atomic E-state index is -0.922. The number of carbonyl (C=O) groups is 1. The van der Waals surface area contributed by atoms with E-state index in [1.807, 2.05) is 0 Å². The lowest BCUT2D eigenvalue weighted by Gasteiger charge is -2.05. The Balaban J connectivity index is 1.89. The highest BCUT2D eigenvalue weighted by Gasteiger charge is 2.11. The predicted octanol–water partition coefficient (Wildman–Crippen LogP) is 1.67. The van der Waals surface area contributed by atoms with Gasteiger partial charge in [0.05, 0.1) is 17.5 Å². The van der Waals surface area contributed by atoms with Gasteiger partial charge in [0.25, 0.3) is 5.91 Å². The number of carbonyl (C=O) groups excluding carboxylic acids is 1. The van der Waals surface area contributed by atoms with Crippen LogP contribution in [0.2, 0.25) is 0 Å². The summed E-state index contributed by atoms with van der Waals surface area (Å²) in [5.74, 6) is -3.22. The standard InChI is InChI=1S/C14H13F3N4O2/c1-8-10(14(17)21(2)20-8)6-18-19-13(22)7-23-12-4-3-9(15)5-11(12)16/h3-6H,7H2,1-2H3,(H,19,22). The molecule has 0 saturated heterocycles. The third-order valence-corrected chi connectivity index (χ3v) is 2.83.